The Labute approximate surface area is 97.1 Å². The number of halogens is 1. The fourth-order valence-corrected chi connectivity index (χ4v) is 1.39. The molecule has 0 fully saturated rings. The minimum absolute atomic E-state index is 0.247. The van der Waals surface area contributed by atoms with Gasteiger partial charge in [0.2, 0.25) is 0 Å². The van der Waals surface area contributed by atoms with Gasteiger partial charge in [0.15, 0.2) is 4.67 Å². The summed E-state index contributed by atoms with van der Waals surface area (Å²) in [6.45, 7) is 4.45. The van der Waals surface area contributed by atoms with E-state index in [0.29, 0.717) is 17.8 Å². The summed E-state index contributed by atoms with van der Waals surface area (Å²) in [5.74, 6) is 0.529. The van der Waals surface area contributed by atoms with Gasteiger partial charge in [-0.3, -0.25) is 10.1 Å². The first kappa shape index (κ1) is 12.3. The first-order valence-corrected chi connectivity index (χ1v) is 5.57. The minimum Gasteiger partial charge on any atom is -0.465 e. The third kappa shape index (κ3) is 4.05. The van der Waals surface area contributed by atoms with Crippen molar-refractivity contribution in [3.05, 3.63) is 22.6 Å². The highest BCUT2D eigenvalue weighted by Crippen LogP contribution is 2.13. The molecule has 4 nitrogen and oxygen atoms in total. The number of ether oxygens (including phenoxy) is 1. The van der Waals surface area contributed by atoms with E-state index < -0.39 is 0 Å². The van der Waals surface area contributed by atoms with Crippen LogP contribution in [0.1, 0.15) is 19.6 Å². The van der Waals surface area contributed by atoms with E-state index >= 15 is 0 Å². The van der Waals surface area contributed by atoms with E-state index in [4.69, 9.17) is 9.15 Å². The molecule has 1 aromatic heterocycles. The molecule has 0 saturated carbocycles. The highest BCUT2D eigenvalue weighted by Gasteiger charge is 2.13. The predicted molar refractivity (Wildman–Crippen MR) is 59.3 cm³/mol. The standard InChI is InChI=1S/C10H14BrNO3/c1-3-14-10(13)7(2)12-6-8-4-5-9(11)15-8/h4-5,7,12H,3,6H2,1-2H3. The summed E-state index contributed by atoms with van der Waals surface area (Å²) in [4.78, 5) is 11.2. The molecule has 1 N–H and O–H groups in total. The van der Waals surface area contributed by atoms with Gasteiger partial charge in [0, 0.05) is 0 Å². The molecule has 5 heteroatoms. The topological polar surface area (TPSA) is 51.5 Å². The lowest BCUT2D eigenvalue weighted by Crippen LogP contribution is -2.34. The van der Waals surface area contributed by atoms with Crippen LogP contribution in [0.2, 0.25) is 0 Å². The maximum Gasteiger partial charge on any atom is 0.322 e. The van der Waals surface area contributed by atoms with E-state index in [2.05, 4.69) is 21.2 Å². The Morgan fingerprint density at radius 1 is 1.67 bits per heavy atom. The molecule has 0 radical (unpaired) electrons. The van der Waals surface area contributed by atoms with Crippen molar-refractivity contribution < 1.29 is 13.9 Å². The van der Waals surface area contributed by atoms with Crippen molar-refractivity contribution in [2.45, 2.75) is 26.4 Å². The lowest BCUT2D eigenvalue weighted by molar-refractivity contribution is -0.145. The third-order valence-corrected chi connectivity index (χ3v) is 2.28. The first-order valence-electron chi connectivity index (χ1n) is 4.77. The molecule has 0 saturated heterocycles. The van der Waals surface area contributed by atoms with Gasteiger partial charge >= 0.3 is 5.97 Å². The smallest absolute Gasteiger partial charge is 0.322 e. The first-order chi connectivity index (χ1) is 7.13. The Morgan fingerprint density at radius 3 is 2.93 bits per heavy atom. The zero-order valence-electron chi connectivity index (χ0n) is 8.75. The normalized spacial score (nSPS) is 12.5. The van der Waals surface area contributed by atoms with E-state index in [1.807, 2.05) is 12.1 Å². The second kappa shape index (κ2) is 5.92. The highest BCUT2D eigenvalue weighted by molar-refractivity contribution is 9.10. The molecule has 0 aliphatic heterocycles. The van der Waals surface area contributed by atoms with Crippen molar-refractivity contribution in [2.24, 2.45) is 0 Å². The molecule has 0 bridgehead atoms. The van der Waals surface area contributed by atoms with Gasteiger partial charge in [-0.1, -0.05) is 0 Å². The van der Waals surface area contributed by atoms with E-state index in [0.717, 1.165) is 5.76 Å². The molecular weight excluding hydrogens is 262 g/mol. The van der Waals surface area contributed by atoms with Crippen molar-refractivity contribution in [3.63, 3.8) is 0 Å². The van der Waals surface area contributed by atoms with Crippen LogP contribution >= 0.6 is 15.9 Å². The minimum atomic E-state index is -0.325. The van der Waals surface area contributed by atoms with Crippen molar-refractivity contribution >= 4 is 21.9 Å². The number of carbonyl (C=O) groups excluding carboxylic acids is 1. The van der Waals surface area contributed by atoms with Gasteiger partial charge in [-0.15, -0.1) is 0 Å². The number of rotatable bonds is 5. The van der Waals surface area contributed by atoms with Gasteiger partial charge in [-0.2, -0.15) is 0 Å². The van der Waals surface area contributed by atoms with Crippen molar-refractivity contribution in [1.29, 1.82) is 0 Å². The summed E-state index contributed by atoms with van der Waals surface area (Å²) in [7, 11) is 0. The van der Waals surface area contributed by atoms with Gasteiger partial charge in [0.25, 0.3) is 0 Å². The van der Waals surface area contributed by atoms with E-state index in [1.54, 1.807) is 13.8 Å². The van der Waals surface area contributed by atoms with Crippen LogP contribution in [0.4, 0.5) is 0 Å². The van der Waals surface area contributed by atoms with E-state index in [1.165, 1.54) is 0 Å². The Hall–Kier alpha value is -0.810. The van der Waals surface area contributed by atoms with Crippen molar-refractivity contribution in [2.75, 3.05) is 6.61 Å². The second-order valence-electron chi connectivity index (χ2n) is 3.06. The monoisotopic (exact) mass is 275 g/mol. The lowest BCUT2D eigenvalue weighted by atomic mass is 10.3. The third-order valence-electron chi connectivity index (χ3n) is 1.85. The molecule has 15 heavy (non-hydrogen) atoms. The van der Waals surface area contributed by atoms with Gasteiger partial charge < -0.3 is 9.15 Å². The molecule has 1 rings (SSSR count). The van der Waals surface area contributed by atoms with Crippen LogP contribution in [0.5, 0.6) is 0 Å². The number of nitrogens with one attached hydrogen (secondary N) is 1. The van der Waals surface area contributed by atoms with Crippen molar-refractivity contribution in [1.82, 2.24) is 5.32 Å². The summed E-state index contributed by atoms with van der Waals surface area (Å²) < 4.78 is 10.8. The van der Waals surface area contributed by atoms with Crippen LogP contribution in [0, 0.1) is 0 Å². The van der Waals surface area contributed by atoms with Crippen LogP contribution in [0.3, 0.4) is 0 Å². The number of esters is 1. The SMILES string of the molecule is CCOC(=O)C(C)NCc1ccc(Br)o1. The fraction of sp³-hybridized carbons (Fsp3) is 0.500. The summed E-state index contributed by atoms with van der Waals surface area (Å²) in [5.41, 5.74) is 0. The number of hydrogen-bond acceptors (Lipinski definition) is 4. The Morgan fingerprint density at radius 2 is 2.40 bits per heavy atom. The molecule has 0 aliphatic rings. The van der Waals surface area contributed by atoms with Crippen LogP contribution in [-0.4, -0.2) is 18.6 Å². The van der Waals surface area contributed by atoms with Crippen molar-refractivity contribution in [3.8, 4) is 0 Å². The van der Waals surface area contributed by atoms with Crippen LogP contribution in [0.25, 0.3) is 0 Å². The molecule has 1 unspecified atom stereocenters. The molecule has 84 valence electrons. The summed E-state index contributed by atoms with van der Waals surface area (Å²) in [6.07, 6.45) is 0. The average molecular weight is 276 g/mol. The second-order valence-corrected chi connectivity index (χ2v) is 3.84. The fourth-order valence-electron chi connectivity index (χ4n) is 1.05. The lowest BCUT2D eigenvalue weighted by Gasteiger charge is -2.10. The molecule has 0 aliphatic carbocycles. The summed E-state index contributed by atoms with van der Waals surface area (Å²) in [6, 6.07) is 3.33. The quantitative estimate of drug-likeness (QED) is 0.836. The molecular formula is C10H14BrNO3. The molecule has 1 heterocycles. The Balaban J connectivity index is 2.33. The van der Waals surface area contributed by atoms with Gasteiger partial charge in [0.1, 0.15) is 11.8 Å². The molecule has 0 amide bonds. The van der Waals surface area contributed by atoms with Gasteiger partial charge in [0.05, 0.1) is 13.2 Å². The molecule has 0 aromatic carbocycles. The zero-order valence-corrected chi connectivity index (χ0v) is 10.3. The van der Waals surface area contributed by atoms with E-state index in [-0.39, 0.29) is 12.0 Å². The average Bonchev–Trinajstić information content (AvgIpc) is 2.61. The number of carbonyl (C=O) groups is 1. The Kier molecular flexibility index (Phi) is 4.84. The maximum absolute atomic E-state index is 11.2. The van der Waals surface area contributed by atoms with Crippen LogP contribution in [0.15, 0.2) is 21.2 Å². The number of hydrogen-bond donors (Lipinski definition) is 1. The van der Waals surface area contributed by atoms with Crippen LogP contribution < -0.4 is 5.32 Å². The maximum atomic E-state index is 11.2. The summed E-state index contributed by atoms with van der Waals surface area (Å²) >= 11 is 3.21. The van der Waals surface area contributed by atoms with Gasteiger partial charge in [-0.25, -0.2) is 0 Å². The van der Waals surface area contributed by atoms with E-state index in [9.17, 15) is 4.79 Å². The highest BCUT2D eigenvalue weighted by atomic mass is 79.9. The molecule has 1 aromatic rings. The van der Waals surface area contributed by atoms with Crippen LogP contribution in [-0.2, 0) is 16.1 Å². The molecule has 1 atom stereocenters. The Bertz CT molecular complexity index is 324. The largest absolute Gasteiger partial charge is 0.465 e. The zero-order chi connectivity index (χ0) is 11.3. The summed E-state index contributed by atoms with van der Waals surface area (Å²) in [5, 5.41) is 3.01. The number of furan rings is 1. The van der Waals surface area contributed by atoms with Gasteiger partial charge in [-0.05, 0) is 41.9 Å². The molecule has 0 spiro atoms. The predicted octanol–water partition coefficient (Wildman–Crippen LogP) is 2.08.